The highest BCUT2D eigenvalue weighted by atomic mass is 16.5. The lowest BCUT2D eigenvalue weighted by Gasteiger charge is -2.19. The molecule has 25 heavy (non-hydrogen) atoms. The first kappa shape index (κ1) is 18.9. The van der Waals surface area contributed by atoms with E-state index in [0.29, 0.717) is 24.6 Å². The molecular formula is C18H26N4O3. The lowest BCUT2D eigenvalue weighted by atomic mass is 9.97. The molecule has 7 nitrogen and oxygen atoms in total. The van der Waals surface area contributed by atoms with Gasteiger partial charge in [-0.1, -0.05) is 56.3 Å². The van der Waals surface area contributed by atoms with Crippen LogP contribution in [-0.4, -0.2) is 27.9 Å². The first-order valence-corrected chi connectivity index (χ1v) is 8.43. The Labute approximate surface area is 147 Å². The third-order valence-corrected chi connectivity index (χ3v) is 3.67. The Bertz CT molecular complexity index is 664. The molecule has 0 aliphatic rings. The highest BCUT2D eigenvalue weighted by Crippen LogP contribution is 2.20. The molecule has 1 aromatic heterocycles. The molecule has 2 aromatic rings. The second-order valence-corrected chi connectivity index (χ2v) is 6.92. The van der Waals surface area contributed by atoms with Crippen LogP contribution < -0.4 is 10.6 Å². The van der Waals surface area contributed by atoms with E-state index in [4.69, 9.17) is 9.63 Å². The summed E-state index contributed by atoms with van der Waals surface area (Å²) in [5.41, 5.74) is 0.775. The van der Waals surface area contributed by atoms with E-state index in [1.54, 1.807) is 0 Å². The van der Waals surface area contributed by atoms with Gasteiger partial charge in [0.2, 0.25) is 5.89 Å². The Balaban J connectivity index is 1.91. The molecule has 0 bridgehead atoms. The Kier molecular flexibility index (Phi) is 6.52. The van der Waals surface area contributed by atoms with Crippen molar-refractivity contribution in [2.45, 2.75) is 51.6 Å². The number of amides is 2. The molecule has 0 aliphatic heterocycles. The molecule has 1 atom stereocenters. The molecule has 0 radical (unpaired) electrons. The summed E-state index contributed by atoms with van der Waals surface area (Å²) in [5, 5.41) is 18.6. The molecule has 0 saturated carbocycles. The van der Waals surface area contributed by atoms with Gasteiger partial charge in [-0.05, 0) is 18.4 Å². The highest BCUT2D eigenvalue weighted by molar-refractivity contribution is 5.74. The van der Waals surface area contributed by atoms with Gasteiger partial charge in [-0.2, -0.15) is 4.98 Å². The average molecular weight is 346 g/mol. The number of carbonyl (C=O) groups is 1. The number of benzene rings is 1. The first-order chi connectivity index (χ1) is 11.9. The Hall–Kier alpha value is -2.41. The van der Waals surface area contributed by atoms with E-state index in [-0.39, 0.29) is 30.6 Å². The van der Waals surface area contributed by atoms with Crippen molar-refractivity contribution >= 4 is 6.03 Å². The van der Waals surface area contributed by atoms with Crippen LogP contribution in [0, 0.1) is 0 Å². The predicted octanol–water partition coefficient (Wildman–Crippen LogP) is 2.68. The summed E-state index contributed by atoms with van der Waals surface area (Å²) in [6.45, 7) is 6.22. The third kappa shape index (κ3) is 5.86. The number of hydrogen-bond acceptors (Lipinski definition) is 5. The third-order valence-electron chi connectivity index (χ3n) is 3.67. The van der Waals surface area contributed by atoms with E-state index in [1.807, 2.05) is 51.1 Å². The van der Waals surface area contributed by atoms with Gasteiger partial charge < -0.3 is 20.3 Å². The van der Waals surface area contributed by atoms with E-state index in [2.05, 4.69) is 20.8 Å². The van der Waals surface area contributed by atoms with Gasteiger partial charge in [0, 0.05) is 12.0 Å². The zero-order chi connectivity index (χ0) is 18.3. The second-order valence-electron chi connectivity index (χ2n) is 6.92. The van der Waals surface area contributed by atoms with Crippen LogP contribution in [0.2, 0.25) is 0 Å². The van der Waals surface area contributed by atoms with Crippen molar-refractivity contribution < 1.29 is 14.4 Å². The lowest BCUT2D eigenvalue weighted by molar-refractivity contribution is 0.232. The van der Waals surface area contributed by atoms with E-state index in [0.717, 1.165) is 5.56 Å². The number of hydrogen-bond donors (Lipinski definition) is 3. The molecule has 0 saturated heterocycles. The number of urea groups is 1. The normalized spacial score (nSPS) is 12.6. The molecular weight excluding hydrogens is 320 g/mol. The zero-order valence-electron chi connectivity index (χ0n) is 15.0. The van der Waals surface area contributed by atoms with E-state index >= 15 is 0 Å². The average Bonchev–Trinajstić information content (AvgIpc) is 3.07. The number of aliphatic hydroxyl groups excluding tert-OH is 1. The molecule has 2 amide bonds. The minimum Gasteiger partial charge on any atom is -0.396 e. The quantitative estimate of drug-likeness (QED) is 0.716. The highest BCUT2D eigenvalue weighted by Gasteiger charge is 2.22. The van der Waals surface area contributed by atoms with Crippen LogP contribution in [0.4, 0.5) is 4.79 Å². The molecule has 7 heteroatoms. The van der Waals surface area contributed by atoms with E-state index in [9.17, 15) is 4.79 Å². The van der Waals surface area contributed by atoms with Crippen LogP contribution in [0.25, 0.3) is 0 Å². The van der Waals surface area contributed by atoms with Gasteiger partial charge in [0.1, 0.15) is 0 Å². The van der Waals surface area contributed by atoms with Crippen molar-refractivity contribution in [1.29, 1.82) is 0 Å². The number of nitrogens with one attached hydrogen (secondary N) is 2. The molecule has 136 valence electrons. The maximum Gasteiger partial charge on any atom is 0.315 e. The summed E-state index contributed by atoms with van der Waals surface area (Å²) >= 11 is 0. The van der Waals surface area contributed by atoms with E-state index in [1.165, 1.54) is 0 Å². The number of carbonyl (C=O) groups excluding carboxylic acids is 1. The molecule has 0 spiro atoms. The van der Waals surface area contributed by atoms with Gasteiger partial charge >= 0.3 is 6.03 Å². The van der Waals surface area contributed by atoms with Crippen molar-refractivity contribution in [3.05, 3.63) is 47.6 Å². The zero-order valence-corrected chi connectivity index (χ0v) is 15.0. The maximum atomic E-state index is 12.2. The molecule has 1 heterocycles. The standard InChI is InChI=1S/C18H26N4O3/c1-18(2,3)16-21-15(22-25-16)12-19-17(24)20-14(10-7-11-23)13-8-5-4-6-9-13/h4-6,8-9,14,23H,7,10-12H2,1-3H3,(H2,19,20,24). The van der Waals surface area contributed by atoms with Crippen molar-refractivity contribution in [2.24, 2.45) is 0 Å². The summed E-state index contributed by atoms with van der Waals surface area (Å²) < 4.78 is 5.20. The minimum atomic E-state index is -0.311. The van der Waals surface area contributed by atoms with Crippen LogP contribution in [-0.2, 0) is 12.0 Å². The number of nitrogens with zero attached hydrogens (tertiary/aromatic N) is 2. The Morgan fingerprint density at radius 2 is 2.00 bits per heavy atom. The van der Waals surface area contributed by atoms with Crippen LogP contribution in [0.5, 0.6) is 0 Å². The Morgan fingerprint density at radius 3 is 2.60 bits per heavy atom. The minimum absolute atomic E-state index is 0.0884. The fourth-order valence-corrected chi connectivity index (χ4v) is 2.30. The molecule has 0 fully saturated rings. The predicted molar refractivity (Wildman–Crippen MR) is 93.9 cm³/mol. The topological polar surface area (TPSA) is 100 Å². The van der Waals surface area contributed by atoms with Gasteiger partial charge in [0.25, 0.3) is 0 Å². The van der Waals surface area contributed by atoms with Gasteiger partial charge in [0.15, 0.2) is 5.82 Å². The smallest absolute Gasteiger partial charge is 0.315 e. The van der Waals surface area contributed by atoms with Crippen LogP contribution in [0.15, 0.2) is 34.9 Å². The fourth-order valence-electron chi connectivity index (χ4n) is 2.30. The van der Waals surface area contributed by atoms with Gasteiger partial charge in [-0.25, -0.2) is 4.79 Å². The Morgan fingerprint density at radius 1 is 1.28 bits per heavy atom. The van der Waals surface area contributed by atoms with Crippen LogP contribution >= 0.6 is 0 Å². The summed E-state index contributed by atoms with van der Waals surface area (Å²) in [5.74, 6) is 0.974. The first-order valence-electron chi connectivity index (χ1n) is 8.43. The van der Waals surface area contributed by atoms with Crippen molar-refractivity contribution in [3.8, 4) is 0 Å². The van der Waals surface area contributed by atoms with Crippen LogP contribution in [0.3, 0.4) is 0 Å². The number of aliphatic hydroxyl groups is 1. The molecule has 2 rings (SSSR count). The van der Waals surface area contributed by atoms with E-state index < -0.39 is 0 Å². The summed E-state index contributed by atoms with van der Waals surface area (Å²) in [6.07, 6.45) is 1.27. The monoisotopic (exact) mass is 346 g/mol. The SMILES string of the molecule is CC(C)(C)c1nc(CNC(=O)NC(CCCO)c2ccccc2)no1. The van der Waals surface area contributed by atoms with Crippen molar-refractivity contribution in [1.82, 2.24) is 20.8 Å². The fraction of sp³-hybridized carbons (Fsp3) is 0.500. The van der Waals surface area contributed by atoms with Gasteiger partial charge in [0.05, 0.1) is 12.6 Å². The molecule has 3 N–H and O–H groups in total. The summed E-state index contributed by atoms with van der Waals surface area (Å²) in [6, 6.07) is 9.21. The molecule has 1 aromatic carbocycles. The number of aromatic nitrogens is 2. The van der Waals surface area contributed by atoms with Gasteiger partial charge in [-0.3, -0.25) is 0 Å². The molecule has 1 unspecified atom stereocenters. The lowest BCUT2D eigenvalue weighted by Crippen LogP contribution is -2.38. The second kappa shape index (κ2) is 8.62. The molecule has 0 aliphatic carbocycles. The van der Waals surface area contributed by atoms with Gasteiger partial charge in [-0.15, -0.1) is 0 Å². The largest absolute Gasteiger partial charge is 0.396 e. The number of rotatable bonds is 7. The van der Waals surface area contributed by atoms with Crippen LogP contribution in [0.1, 0.15) is 56.9 Å². The van der Waals surface area contributed by atoms with Crippen molar-refractivity contribution in [3.63, 3.8) is 0 Å². The van der Waals surface area contributed by atoms with Crippen molar-refractivity contribution in [2.75, 3.05) is 6.61 Å². The summed E-state index contributed by atoms with van der Waals surface area (Å²) in [4.78, 5) is 16.5. The maximum absolute atomic E-state index is 12.2. The summed E-state index contributed by atoms with van der Waals surface area (Å²) in [7, 11) is 0.